The number of rotatable bonds is 6. The summed E-state index contributed by atoms with van der Waals surface area (Å²) in [5, 5.41) is 2.86. The number of para-hydroxylation sites is 1. The van der Waals surface area contributed by atoms with Gasteiger partial charge in [0, 0.05) is 28.1 Å². The number of nitrogens with zero attached hydrogens (tertiary/aromatic N) is 2. The van der Waals surface area contributed by atoms with Crippen LogP contribution in [0, 0.1) is 6.92 Å². The molecule has 3 rings (SSSR count). The summed E-state index contributed by atoms with van der Waals surface area (Å²) in [6.45, 7) is 5.92. The SMILES string of the molecule is C=C(c1ccccc1OCC(=O)Nc1ccc(Br)cc1C)n1ccnc1. The van der Waals surface area contributed by atoms with Gasteiger partial charge in [0.05, 0.1) is 12.0 Å². The van der Waals surface area contributed by atoms with Gasteiger partial charge in [0.25, 0.3) is 5.91 Å². The molecule has 1 amide bonds. The van der Waals surface area contributed by atoms with E-state index >= 15 is 0 Å². The molecule has 1 N–H and O–H groups in total. The fourth-order valence-electron chi connectivity index (χ4n) is 2.49. The minimum absolute atomic E-state index is 0.0935. The first-order valence-electron chi connectivity index (χ1n) is 8.00. The van der Waals surface area contributed by atoms with Crippen molar-refractivity contribution in [3.63, 3.8) is 0 Å². The minimum Gasteiger partial charge on any atom is -0.483 e. The van der Waals surface area contributed by atoms with Gasteiger partial charge in [-0.15, -0.1) is 0 Å². The van der Waals surface area contributed by atoms with Crippen molar-refractivity contribution in [1.82, 2.24) is 9.55 Å². The zero-order valence-corrected chi connectivity index (χ0v) is 15.9. The zero-order chi connectivity index (χ0) is 18.5. The van der Waals surface area contributed by atoms with Crippen LogP contribution in [0.15, 0.2) is 72.2 Å². The van der Waals surface area contributed by atoms with E-state index in [1.165, 1.54) is 0 Å². The number of amides is 1. The minimum atomic E-state index is -0.224. The van der Waals surface area contributed by atoms with E-state index in [1.54, 1.807) is 17.1 Å². The second-order valence-corrected chi connectivity index (χ2v) is 6.62. The molecule has 0 atom stereocenters. The molecule has 0 radical (unpaired) electrons. The summed E-state index contributed by atoms with van der Waals surface area (Å²) < 4.78 is 8.51. The molecule has 0 spiro atoms. The van der Waals surface area contributed by atoms with Crippen LogP contribution >= 0.6 is 15.9 Å². The summed E-state index contributed by atoms with van der Waals surface area (Å²) in [7, 11) is 0. The molecule has 0 saturated heterocycles. The Hall–Kier alpha value is -2.86. The molecule has 0 saturated carbocycles. The fourth-order valence-corrected chi connectivity index (χ4v) is 2.96. The van der Waals surface area contributed by atoms with Crippen molar-refractivity contribution < 1.29 is 9.53 Å². The van der Waals surface area contributed by atoms with Gasteiger partial charge in [-0.25, -0.2) is 4.98 Å². The molecule has 2 aromatic carbocycles. The summed E-state index contributed by atoms with van der Waals surface area (Å²) in [5.74, 6) is 0.368. The van der Waals surface area contributed by atoms with Gasteiger partial charge in [-0.1, -0.05) is 34.6 Å². The summed E-state index contributed by atoms with van der Waals surface area (Å²) in [5.41, 5.74) is 3.26. The van der Waals surface area contributed by atoms with Crippen molar-refractivity contribution in [2.75, 3.05) is 11.9 Å². The van der Waals surface area contributed by atoms with Crippen molar-refractivity contribution in [3.05, 3.63) is 83.4 Å². The maximum atomic E-state index is 12.2. The Morgan fingerprint density at radius 3 is 2.85 bits per heavy atom. The first kappa shape index (κ1) is 17.9. The maximum absolute atomic E-state index is 12.2. The van der Waals surface area contributed by atoms with Crippen LogP contribution in [0.2, 0.25) is 0 Å². The molecule has 132 valence electrons. The third-order valence-corrected chi connectivity index (χ3v) is 4.33. The fraction of sp³-hybridized carbons (Fsp3) is 0.100. The number of ether oxygens (including phenoxy) is 1. The maximum Gasteiger partial charge on any atom is 0.262 e. The average molecular weight is 412 g/mol. The number of carbonyl (C=O) groups is 1. The van der Waals surface area contributed by atoms with Crippen LogP contribution in [-0.2, 0) is 4.79 Å². The van der Waals surface area contributed by atoms with Gasteiger partial charge < -0.3 is 14.6 Å². The molecule has 0 aliphatic heterocycles. The first-order chi connectivity index (χ1) is 12.5. The highest BCUT2D eigenvalue weighted by Gasteiger charge is 2.11. The second-order valence-electron chi connectivity index (χ2n) is 5.71. The number of imidazole rings is 1. The third kappa shape index (κ3) is 4.21. The first-order valence-corrected chi connectivity index (χ1v) is 8.79. The number of hydrogen-bond acceptors (Lipinski definition) is 3. The van der Waals surface area contributed by atoms with Crippen LogP contribution < -0.4 is 10.1 Å². The molecule has 1 heterocycles. The molecule has 5 nitrogen and oxygen atoms in total. The highest BCUT2D eigenvalue weighted by Crippen LogP contribution is 2.26. The Balaban J connectivity index is 1.68. The number of anilines is 1. The van der Waals surface area contributed by atoms with Crippen LogP contribution in [0.3, 0.4) is 0 Å². The quantitative estimate of drug-likeness (QED) is 0.649. The average Bonchev–Trinajstić information content (AvgIpc) is 3.17. The number of nitrogens with one attached hydrogen (secondary N) is 1. The molecule has 1 aromatic heterocycles. The van der Waals surface area contributed by atoms with E-state index in [1.807, 2.05) is 55.6 Å². The number of aryl methyl sites for hydroxylation is 1. The lowest BCUT2D eigenvalue weighted by Gasteiger charge is -2.14. The lowest BCUT2D eigenvalue weighted by molar-refractivity contribution is -0.118. The highest BCUT2D eigenvalue weighted by molar-refractivity contribution is 9.10. The lowest BCUT2D eigenvalue weighted by Crippen LogP contribution is -2.21. The van der Waals surface area contributed by atoms with Crippen LogP contribution in [-0.4, -0.2) is 22.1 Å². The summed E-state index contributed by atoms with van der Waals surface area (Å²) in [6.07, 6.45) is 5.16. The Bertz CT molecular complexity index is 936. The number of benzene rings is 2. The lowest BCUT2D eigenvalue weighted by atomic mass is 10.1. The molecule has 26 heavy (non-hydrogen) atoms. The molecule has 0 unspecified atom stereocenters. The van der Waals surface area contributed by atoms with Crippen molar-refractivity contribution in [2.24, 2.45) is 0 Å². The number of hydrogen-bond donors (Lipinski definition) is 1. The second kappa shape index (κ2) is 8.01. The number of aromatic nitrogens is 2. The van der Waals surface area contributed by atoms with Crippen molar-refractivity contribution in [2.45, 2.75) is 6.92 Å². The van der Waals surface area contributed by atoms with E-state index in [9.17, 15) is 4.79 Å². The summed E-state index contributed by atoms with van der Waals surface area (Å²) in [4.78, 5) is 16.3. The van der Waals surface area contributed by atoms with Gasteiger partial charge in [0.15, 0.2) is 6.61 Å². The Labute approximate surface area is 160 Å². The van der Waals surface area contributed by atoms with E-state index < -0.39 is 0 Å². The largest absolute Gasteiger partial charge is 0.483 e. The van der Waals surface area contributed by atoms with E-state index in [4.69, 9.17) is 4.74 Å². The standard InChI is InChI=1S/C20H18BrN3O2/c1-14-11-16(21)7-8-18(14)23-20(25)12-26-19-6-4-3-5-17(19)15(2)24-10-9-22-13-24/h3-11,13H,2,12H2,1H3,(H,23,25). The Morgan fingerprint density at radius 1 is 1.31 bits per heavy atom. The topological polar surface area (TPSA) is 56.1 Å². The predicted octanol–water partition coefficient (Wildman–Crippen LogP) is 4.49. The highest BCUT2D eigenvalue weighted by atomic mass is 79.9. The molecule has 3 aromatic rings. The van der Waals surface area contributed by atoms with E-state index in [2.05, 4.69) is 32.8 Å². The third-order valence-electron chi connectivity index (χ3n) is 3.84. The van der Waals surface area contributed by atoms with E-state index in [0.717, 1.165) is 27.0 Å². The van der Waals surface area contributed by atoms with Crippen molar-refractivity contribution >= 4 is 33.2 Å². The monoisotopic (exact) mass is 411 g/mol. The zero-order valence-electron chi connectivity index (χ0n) is 14.3. The summed E-state index contributed by atoms with van der Waals surface area (Å²) in [6, 6.07) is 13.2. The van der Waals surface area contributed by atoms with Gasteiger partial charge in [0.2, 0.25) is 0 Å². The van der Waals surface area contributed by atoms with Gasteiger partial charge >= 0.3 is 0 Å². The van der Waals surface area contributed by atoms with Crippen LogP contribution in [0.5, 0.6) is 5.75 Å². The molecule has 0 fully saturated rings. The Kier molecular flexibility index (Phi) is 5.53. The van der Waals surface area contributed by atoms with Gasteiger partial charge in [0.1, 0.15) is 5.75 Å². The van der Waals surface area contributed by atoms with Crippen LogP contribution in [0.1, 0.15) is 11.1 Å². The van der Waals surface area contributed by atoms with E-state index in [-0.39, 0.29) is 12.5 Å². The van der Waals surface area contributed by atoms with Gasteiger partial charge in [-0.05, 0) is 42.8 Å². The van der Waals surface area contributed by atoms with Crippen molar-refractivity contribution in [1.29, 1.82) is 0 Å². The van der Waals surface area contributed by atoms with Gasteiger partial charge in [-0.2, -0.15) is 0 Å². The van der Waals surface area contributed by atoms with Gasteiger partial charge in [-0.3, -0.25) is 4.79 Å². The van der Waals surface area contributed by atoms with E-state index in [0.29, 0.717) is 5.75 Å². The molecule has 0 aliphatic carbocycles. The van der Waals surface area contributed by atoms with Crippen LogP contribution in [0.4, 0.5) is 5.69 Å². The summed E-state index contributed by atoms with van der Waals surface area (Å²) >= 11 is 3.41. The smallest absolute Gasteiger partial charge is 0.262 e. The van der Waals surface area contributed by atoms with Crippen LogP contribution in [0.25, 0.3) is 5.70 Å². The molecular weight excluding hydrogens is 394 g/mol. The molecule has 0 bridgehead atoms. The molecular formula is C20H18BrN3O2. The number of carbonyl (C=O) groups excluding carboxylic acids is 1. The van der Waals surface area contributed by atoms with Crippen molar-refractivity contribution in [3.8, 4) is 5.75 Å². The normalized spacial score (nSPS) is 10.4. The predicted molar refractivity (Wildman–Crippen MR) is 106 cm³/mol. The number of halogens is 1. The molecule has 6 heteroatoms. The molecule has 0 aliphatic rings. The Morgan fingerprint density at radius 2 is 2.12 bits per heavy atom.